The summed E-state index contributed by atoms with van der Waals surface area (Å²) in [5.74, 6) is -1.34. The third-order valence-electron chi connectivity index (χ3n) is 3.35. The van der Waals surface area contributed by atoms with Gasteiger partial charge in [0, 0.05) is 12.8 Å². The maximum Gasteiger partial charge on any atom is 0.340 e. The molecule has 0 unspecified atom stereocenters. The summed E-state index contributed by atoms with van der Waals surface area (Å²) >= 11 is 5.99. The number of pyridine rings is 1. The zero-order valence-electron chi connectivity index (χ0n) is 13.7. The van der Waals surface area contributed by atoms with E-state index in [0.717, 1.165) is 0 Å². The first-order valence-electron chi connectivity index (χ1n) is 7.40. The zero-order chi connectivity index (χ0) is 18.4. The molecule has 1 aromatic heterocycles. The third-order valence-corrected chi connectivity index (χ3v) is 3.68. The van der Waals surface area contributed by atoms with Gasteiger partial charge in [-0.15, -0.1) is 0 Å². The number of carbonyl (C=O) groups is 2. The van der Waals surface area contributed by atoms with Crippen LogP contribution in [-0.2, 0) is 9.47 Å². The molecule has 2 rings (SSSR count). The number of halogens is 1. The molecule has 0 spiro atoms. The topological polar surface area (TPSA) is 97.5 Å². The molecule has 2 N–H and O–H groups in total. The normalized spacial score (nSPS) is 10.4. The minimum atomic E-state index is -0.680. The van der Waals surface area contributed by atoms with Crippen molar-refractivity contribution in [1.29, 1.82) is 0 Å². The summed E-state index contributed by atoms with van der Waals surface area (Å²) in [7, 11) is 1.48. The van der Waals surface area contributed by atoms with E-state index in [0.29, 0.717) is 16.4 Å². The summed E-state index contributed by atoms with van der Waals surface area (Å²) in [6.07, 6.45) is 0. The van der Waals surface area contributed by atoms with Crippen LogP contribution in [0.25, 0.3) is 0 Å². The van der Waals surface area contributed by atoms with Crippen LogP contribution in [0.3, 0.4) is 0 Å². The van der Waals surface area contributed by atoms with E-state index in [9.17, 15) is 14.4 Å². The van der Waals surface area contributed by atoms with Crippen molar-refractivity contribution in [2.45, 2.75) is 6.92 Å². The van der Waals surface area contributed by atoms with Crippen molar-refractivity contribution in [2.75, 3.05) is 25.6 Å². The van der Waals surface area contributed by atoms with Crippen LogP contribution in [-0.4, -0.2) is 37.2 Å². The number of para-hydroxylation sites is 1. The minimum Gasteiger partial charge on any atom is -0.460 e. The average molecular weight is 365 g/mol. The van der Waals surface area contributed by atoms with Crippen molar-refractivity contribution in [3.63, 3.8) is 0 Å². The number of methoxy groups -OCH3 is 1. The summed E-state index contributed by atoms with van der Waals surface area (Å²) in [5, 5.41) is 2.87. The van der Waals surface area contributed by atoms with E-state index in [-0.39, 0.29) is 24.3 Å². The first kappa shape index (κ1) is 18.7. The van der Waals surface area contributed by atoms with Crippen molar-refractivity contribution in [3.8, 4) is 0 Å². The van der Waals surface area contributed by atoms with Gasteiger partial charge in [0.15, 0.2) is 0 Å². The number of aromatic nitrogens is 1. The van der Waals surface area contributed by atoms with E-state index < -0.39 is 17.4 Å². The molecule has 0 saturated carbocycles. The molecule has 0 radical (unpaired) electrons. The van der Waals surface area contributed by atoms with Crippen molar-refractivity contribution >= 4 is 29.2 Å². The van der Waals surface area contributed by atoms with Crippen LogP contribution in [0.15, 0.2) is 35.1 Å². The van der Waals surface area contributed by atoms with Crippen LogP contribution >= 0.6 is 11.6 Å². The van der Waals surface area contributed by atoms with E-state index >= 15 is 0 Å². The van der Waals surface area contributed by atoms with Crippen LogP contribution in [0.1, 0.15) is 26.4 Å². The fraction of sp³-hybridized carbons (Fsp3) is 0.235. The fourth-order valence-corrected chi connectivity index (χ4v) is 2.23. The summed E-state index contributed by atoms with van der Waals surface area (Å²) in [4.78, 5) is 39.0. The lowest BCUT2D eigenvalue weighted by molar-refractivity contribution is 0.0386. The molecule has 0 aliphatic rings. The largest absolute Gasteiger partial charge is 0.460 e. The number of benzene rings is 1. The highest BCUT2D eigenvalue weighted by molar-refractivity contribution is 6.33. The van der Waals surface area contributed by atoms with Crippen molar-refractivity contribution in [2.24, 2.45) is 0 Å². The number of ether oxygens (including phenoxy) is 2. The standard InChI is InChI=1S/C17H17ClN2O5/c1-10-11(17(23)25-8-7-24-2)9-12(15(21)19-10)16(22)20-14-6-4-3-5-13(14)18/h3-6,9H,7-8H2,1-2H3,(H,19,21)(H,20,22). The number of hydrogen-bond donors (Lipinski definition) is 2. The van der Waals surface area contributed by atoms with Gasteiger partial charge in [0.05, 0.1) is 22.9 Å². The Morgan fingerprint density at radius 2 is 1.92 bits per heavy atom. The molecular formula is C17H17ClN2O5. The Hall–Kier alpha value is -2.64. The number of nitrogens with one attached hydrogen (secondary N) is 2. The Bertz CT molecular complexity index is 847. The minimum absolute atomic E-state index is 0.0645. The highest BCUT2D eigenvalue weighted by atomic mass is 35.5. The summed E-state index contributed by atoms with van der Waals surface area (Å²) in [6, 6.07) is 7.82. The Kier molecular flexibility index (Phi) is 6.32. The lowest BCUT2D eigenvalue weighted by atomic mass is 10.1. The van der Waals surface area contributed by atoms with Gasteiger partial charge in [0.1, 0.15) is 12.2 Å². The van der Waals surface area contributed by atoms with E-state index in [2.05, 4.69) is 10.3 Å². The van der Waals surface area contributed by atoms with Crippen LogP contribution in [0.4, 0.5) is 5.69 Å². The number of rotatable bonds is 6. The number of esters is 1. The van der Waals surface area contributed by atoms with Gasteiger partial charge in [0.2, 0.25) is 0 Å². The highest BCUT2D eigenvalue weighted by Crippen LogP contribution is 2.21. The fourth-order valence-electron chi connectivity index (χ4n) is 2.05. The number of carbonyl (C=O) groups excluding carboxylic acids is 2. The molecule has 0 aliphatic carbocycles. The Labute approximate surface area is 148 Å². The Balaban J connectivity index is 2.27. The second-order valence-electron chi connectivity index (χ2n) is 5.11. The number of aryl methyl sites for hydroxylation is 1. The van der Waals surface area contributed by atoms with Crippen molar-refractivity contribution < 1.29 is 19.1 Å². The highest BCUT2D eigenvalue weighted by Gasteiger charge is 2.19. The molecule has 2 aromatic rings. The lowest BCUT2D eigenvalue weighted by Gasteiger charge is -2.10. The third kappa shape index (κ3) is 4.68. The quantitative estimate of drug-likeness (QED) is 0.606. The molecule has 1 amide bonds. The molecular weight excluding hydrogens is 348 g/mol. The van der Waals surface area contributed by atoms with Crippen molar-refractivity contribution in [1.82, 2.24) is 4.98 Å². The van der Waals surface area contributed by atoms with Gasteiger partial charge in [0.25, 0.3) is 11.5 Å². The van der Waals surface area contributed by atoms with E-state index in [1.165, 1.54) is 13.2 Å². The van der Waals surface area contributed by atoms with E-state index in [1.54, 1.807) is 31.2 Å². The van der Waals surface area contributed by atoms with Crippen LogP contribution in [0.2, 0.25) is 5.02 Å². The molecule has 0 atom stereocenters. The van der Waals surface area contributed by atoms with Crippen molar-refractivity contribution in [3.05, 3.63) is 62.5 Å². The SMILES string of the molecule is COCCOC(=O)c1cc(C(=O)Nc2ccccc2Cl)c(=O)[nH]c1C. The number of amides is 1. The lowest BCUT2D eigenvalue weighted by Crippen LogP contribution is -2.26. The van der Waals surface area contributed by atoms with Gasteiger partial charge in [-0.05, 0) is 25.1 Å². The number of aromatic amines is 1. The molecule has 132 valence electrons. The van der Waals surface area contributed by atoms with Gasteiger partial charge >= 0.3 is 5.97 Å². The zero-order valence-corrected chi connectivity index (χ0v) is 14.5. The summed E-state index contributed by atoms with van der Waals surface area (Å²) in [6.45, 7) is 1.85. The predicted octanol–water partition coefficient (Wildman–Crippen LogP) is 2.39. The van der Waals surface area contributed by atoms with Gasteiger partial charge in [-0.3, -0.25) is 9.59 Å². The second-order valence-corrected chi connectivity index (χ2v) is 5.52. The van der Waals surface area contributed by atoms with Gasteiger partial charge in [-0.25, -0.2) is 4.79 Å². The maximum atomic E-state index is 12.4. The number of H-pyrrole nitrogens is 1. The first-order valence-corrected chi connectivity index (χ1v) is 7.77. The molecule has 7 nitrogen and oxygen atoms in total. The Morgan fingerprint density at radius 1 is 1.20 bits per heavy atom. The van der Waals surface area contributed by atoms with Gasteiger partial charge in [-0.1, -0.05) is 23.7 Å². The molecule has 1 aromatic carbocycles. The molecule has 8 heteroatoms. The summed E-state index contributed by atoms with van der Waals surface area (Å²) < 4.78 is 9.83. The molecule has 25 heavy (non-hydrogen) atoms. The second kappa shape index (κ2) is 8.46. The maximum absolute atomic E-state index is 12.4. The molecule has 0 saturated heterocycles. The monoisotopic (exact) mass is 364 g/mol. The molecule has 1 heterocycles. The predicted molar refractivity (Wildman–Crippen MR) is 93.4 cm³/mol. The van der Waals surface area contributed by atoms with Gasteiger partial charge < -0.3 is 19.8 Å². The van der Waals surface area contributed by atoms with Gasteiger partial charge in [-0.2, -0.15) is 0 Å². The number of hydrogen-bond acceptors (Lipinski definition) is 5. The summed E-state index contributed by atoms with van der Waals surface area (Å²) in [5.41, 5.74) is -0.0696. The Morgan fingerprint density at radius 3 is 2.60 bits per heavy atom. The van der Waals surface area contributed by atoms with Crippen LogP contribution in [0, 0.1) is 6.92 Å². The van der Waals surface area contributed by atoms with Crippen LogP contribution < -0.4 is 10.9 Å². The average Bonchev–Trinajstić information content (AvgIpc) is 2.57. The molecule has 0 aliphatic heterocycles. The molecule has 0 bridgehead atoms. The van der Waals surface area contributed by atoms with Crippen LogP contribution in [0.5, 0.6) is 0 Å². The molecule has 0 fully saturated rings. The van der Waals surface area contributed by atoms with E-state index in [1.807, 2.05) is 0 Å². The first-order chi connectivity index (χ1) is 11.9. The van der Waals surface area contributed by atoms with E-state index in [4.69, 9.17) is 21.1 Å². The number of anilines is 1. The smallest absolute Gasteiger partial charge is 0.340 e.